The topological polar surface area (TPSA) is 26.5 Å². The number of aromatic nitrogens is 2. The van der Waals surface area contributed by atoms with Gasteiger partial charge < -0.3 is 4.74 Å². The predicted molar refractivity (Wildman–Crippen MR) is 106 cm³/mol. The Hall–Kier alpha value is -2.65. The summed E-state index contributed by atoms with van der Waals surface area (Å²) >= 11 is 0. The maximum absolute atomic E-state index is 13.9. The van der Waals surface area contributed by atoms with Gasteiger partial charge in [-0.2, -0.15) is 0 Å². The van der Waals surface area contributed by atoms with Gasteiger partial charge in [0, 0.05) is 6.20 Å². The van der Waals surface area contributed by atoms with Gasteiger partial charge in [-0.15, -0.1) is 5.54 Å². The van der Waals surface area contributed by atoms with E-state index in [1.165, 1.54) is 18.2 Å². The number of hydrogen-bond acceptors (Lipinski definition) is 2. The van der Waals surface area contributed by atoms with Crippen LogP contribution in [0.2, 0.25) is 19.6 Å². The van der Waals surface area contributed by atoms with Gasteiger partial charge in [0.2, 0.25) is 0 Å². The van der Waals surface area contributed by atoms with Crippen molar-refractivity contribution in [3.63, 3.8) is 0 Å². The van der Waals surface area contributed by atoms with Crippen LogP contribution in [-0.2, 0) is 6.61 Å². The van der Waals surface area contributed by atoms with Crippen LogP contribution in [0, 0.1) is 36.9 Å². The molecular formula is C21H22F2N2OSi. The molecule has 6 heteroatoms. The summed E-state index contributed by atoms with van der Waals surface area (Å²) in [4.78, 5) is 4.58. The van der Waals surface area contributed by atoms with E-state index in [0.717, 1.165) is 17.0 Å². The molecule has 0 saturated heterocycles. The fraction of sp³-hybridized carbons (Fsp3) is 0.286. The van der Waals surface area contributed by atoms with E-state index < -0.39 is 19.7 Å². The van der Waals surface area contributed by atoms with Crippen LogP contribution in [0.3, 0.4) is 0 Å². The molecule has 3 nitrogen and oxygen atoms in total. The molecule has 140 valence electrons. The summed E-state index contributed by atoms with van der Waals surface area (Å²) in [5.41, 5.74) is 6.41. The van der Waals surface area contributed by atoms with Crippen molar-refractivity contribution in [3.8, 4) is 17.2 Å². The Bertz CT molecular complexity index is 1050. The van der Waals surface area contributed by atoms with Crippen molar-refractivity contribution in [2.24, 2.45) is 0 Å². The molecule has 2 heterocycles. The molecule has 0 atom stereocenters. The van der Waals surface area contributed by atoms with E-state index in [9.17, 15) is 8.78 Å². The van der Waals surface area contributed by atoms with Crippen LogP contribution in [0.15, 0.2) is 30.5 Å². The highest BCUT2D eigenvalue weighted by Crippen LogP contribution is 2.25. The molecule has 0 bridgehead atoms. The zero-order valence-corrected chi connectivity index (χ0v) is 17.2. The molecule has 0 amide bonds. The summed E-state index contributed by atoms with van der Waals surface area (Å²) in [6.45, 7) is 10.2. The normalized spacial score (nSPS) is 11.4. The number of ether oxygens (including phenoxy) is 1. The van der Waals surface area contributed by atoms with Gasteiger partial charge in [0.05, 0.1) is 11.3 Å². The largest absolute Gasteiger partial charge is 0.485 e. The first-order valence-electron chi connectivity index (χ1n) is 8.74. The van der Waals surface area contributed by atoms with Crippen LogP contribution in [0.5, 0.6) is 5.75 Å². The molecule has 0 spiro atoms. The van der Waals surface area contributed by atoms with Gasteiger partial charge >= 0.3 is 0 Å². The van der Waals surface area contributed by atoms with E-state index in [0.29, 0.717) is 11.4 Å². The number of fused-ring (bicyclic) bond motifs is 1. The summed E-state index contributed by atoms with van der Waals surface area (Å²) < 4.78 is 35.4. The van der Waals surface area contributed by atoms with Crippen LogP contribution in [0.4, 0.5) is 8.78 Å². The summed E-state index contributed by atoms with van der Waals surface area (Å²) in [6, 6.07) is 5.59. The fourth-order valence-electron chi connectivity index (χ4n) is 2.68. The van der Waals surface area contributed by atoms with E-state index in [1.807, 2.05) is 30.5 Å². The second-order valence-electron chi connectivity index (χ2n) is 7.61. The van der Waals surface area contributed by atoms with Gasteiger partial charge in [0.1, 0.15) is 32.0 Å². The van der Waals surface area contributed by atoms with Crippen LogP contribution in [0.1, 0.15) is 22.5 Å². The number of pyridine rings is 1. The zero-order valence-electron chi connectivity index (χ0n) is 16.2. The highest BCUT2D eigenvalue weighted by molar-refractivity contribution is 6.83. The Labute approximate surface area is 159 Å². The second kappa shape index (κ2) is 7.16. The minimum Gasteiger partial charge on any atom is -0.485 e. The molecule has 2 aromatic heterocycles. The van der Waals surface area contributed by atoms with Gasteiger partial charge in [-0.25, -0.2) is 13.8 Å². The lowest BCUT2D eigenvalue weighted by Crippen LogP contribution is -2.16. The molecule has 3 rings (SSSR count). The molecule has 27 heavy (non-hydrogen) atoms. The zero-order chi connectivity index (χ0) is 19.8. The Balaban J connectivity index is 2.03. The first-order valence-corrected chi connectivity index (χ1v) is 12.2. The summed E-state index contributed by atoms with van der Waals surface area (Å²) in [6.07, 6.45) is 1.94. The first-order chi connectivity index (χ1) is 12.7. The van der Waals surface area contributed by atoms with Crippen LogP contribution in [-0.4, -0.2) is 17.5 Å². The van der Waals surface area contributed by atoms with Crippen molar-refractivity contribution in [2.75, 3.05) is 0 Å². The lowest BCUT2D eigenvalue weighted by molar-refractivity contribution is 0.294. The van der Waals surface area contributed by atoms with Gasteiger partial charge in [-0.05, 0) is 37.6 Å². The predicted octanol–water partition coefficient (Wildman–Crippen LogP) is 5.04. The molecule has 1 aromatic carbocycles. The monoisotopic (exact) mass is 384 g/mol. The van der Waals surface area contributed by atoms with Gasteiger partial charge in [-0.3, -0.25) is 4.40 Å². The van der Waals surface area contributed by atoms with Crippen molar-refractivity contribution >= 4 is 13.7 Å². The fourth-order valence-corrected chi connectivity index (χ4v) is 3.17. The number of benzene rings is 1. The molecule has 0 fully saturated rings. The number of aryl methyl sites for hydroxylation is 2. The number of imidazole rings is 1. The smallest absolute Gasteiger partial charge is 0.180 e. The van der Waals surface area contributed by atoms with E-state index in [1.54, 1.807) is 0 Å². The van der Waals surface area contributed by atoms with Crippen molar-refractivity contribution < 1.29 is 13.5 Å². The van der Waals surface area contributed by atoms with Crippen molar-refractivity contribution in [1.29, 1.82) is 0 Å². The third kappa shape index (κ3) is 4.20. The SMILES string of the molecule is Cc1cc(OCc2c(F)cccc2F)c2nc(C)c(C#C[Si](C)(C)C)n2c1. The molecule has 0 aliphatic carbocycles. The quantitative estimate of drug-likeness (QED) is 0.467. The minimum absolute atomic E-state index is 0.0980. The Kier molecular flexibility index (Phi) is 5.07. The van der Waals surface area contributed by atoms with E-state index in [2.05, 4.69) is 36.1 Å². The number of rotatable bonds is 3. The summed E-state index contributed by atoms with van der Waals surface area (Å²) in [7, 11) is -1.54. The molecule has 3 aromatic rings. The molecule has 0 unspecified atom stereocenters. The first kappa shape index (κ1) is 19.1. The third-order valence-electron chi connectivity index (χ3n) is 3.99. The molecule has 0 aliphatic heterocycles. The van der Waals surface area contributed by atoms with Crippen molar-refractivity contribution in [3.05, 3.63) is 64.6 Å². The minimum atomic E-state index is -1.54. The standard InChI is InChI=1S/C21H22F2N2OSi/c1-14-11-20(26-13-16-17(22)7-6-8-18(16)23)21-24-15(2)19(25(21)12-14)9-10-27(3,4)5/h6-8,11-12H,13H2,1-5H3. The van der Waals surface area contributed by atoms with Crippen molar-refractivity contribution in [1.82, 2.24) is 9.38 Å². The maximum atomic E-state index is 13.9. The third-order valence-corrected chi connectivity index (χ3v) is 4.86. The van der Waals surface area contributed by atoms with Crippen LogP contribution in [0.25, 0.3) is 5.65 Å². The highest BCUT2D eigenvalue weighted by atomic mass is 28.3. The number of hydrogen-bond donors (Lipinski definition) is 0. The van der Waals surface area contributed by atoms with E-state index in [-0.39, 0.29) is 12.2 Å². The Morgan fingerprint density at radius 1 is 1.15 bits per heavy atom. The Morgan fingerprint density at radius 2 is 1.81 bits per heavy atom. The molecular weight excluding hydrogens is 362 g/mol. The van der Waals surface area contributed by atoms with Crippen LogP contribution >= 0.6 is 0 Å². The second-order valence-corrected chi connectivity index (χ2v) is 12.4. The van der Waals surface area contributed by atoms with Gasteiger partial charge in [-0.1, -0.05) is 31.6 Å². The lowest BCUT2D eigenvalue weighted by atomic mass is 10.2. The van der Waals surface area contributed by atoms with Gasteiger partial charge in [0.15, 0.2) is 11.4 Å². The average Bonchev–Trinajstić information content (AvgIpc) is 2.87. The Morgan fingerprint density at radius 3 is 2.44 bits per heavy atom. The maximum Gasteiger partial charge on any atom is 0.180 e. The summed E-state index contributed by atoms with van der Waals surface area (Å²) in [5, 5.41) is 0. The summed E-state index contributed by atoms with van der Waals surface area (Å²) in [5.74, 6) is 2.48. The van der Waals surface area contributed by atoms with Crippen molar-refractivity contribution in [2.45, 2.75) is 40.1 Å². The van der Waals surface area contributed by atoms with E-state index in [4.69, 9.17) is 4.74 Å². The van der Waals surface area contributed by atoms with Gasteiger partial charge in [0.25, 0.3) is 0 Å². The molecule has 0 N–H and O–H groups in total. The van der Waals surface area contributed by atoms with E-state index >= 15 is 0 Å². The number of nitrogens with zero attached hydrogens (tertiary/aromatic N) is 2. The number of halogens is 2. The highest BCUT2D eigenvalue weighted by Gasteiger charge is 2.15. The molecule has 0 radical (unpaired) electrons. The average molecular weight is 385 g/mol. The lowest BCUT2D eigenvalue weighted by Gasteiger charge is -2.10. The van der Waals surface area contributed by atoms with Crippen LogP contribution < -0.4 is 4.74 Å². The molecule has 0 aliphatic rings. The molecule has 0 saturated carbocycles.